The summed E-state index contributed by atoms with van der Waals surface area (Å²) in [6, 6.07) is 10.3. The summed E-state index contributed by atoms with van der Waals surface area (Å²) >= 11 is 0. The number of aldehydes is 1. The van der Waals surface area contributed by atoms with Crippen molar-refractivity contribution in [1.29, 1.82) is 0 Å². The van der Waals surface area contributed by atoms with Crippen LogP contribution < -0.4 is 10.6 Å². The molecule has 3 N–H and O–H groups in total. The summed E-state index contributed by atoms with van der Waals surface area (Å²) in [6.07, 6.45) is 6.29. The number of nitrogens with one attached hydrogen (secondary N) is 2. The Morgan fingerprint density at radius 1 is 1.19 bits per heavy atom. The van der Waals surface area contributed by atoms with Gasteiger partial charge in [-0.15, -0.1) is 0 Å². The highest BCUT2D eigenvalue weighted by molar-refractivity contribution is 5.92. The van der Waals surface area contributed by atoms with Gasteiger partial charge >= 0.3 is 0 Å². The zero-order chi connectivity index (χ0) is 22.3. The van der Waals surface area contributed by atoms with Gasteiger partial charge in [-0.2, -0.15) is 0 Å². The minimum absolute atomic E-state index is 0.158. The van der Waals surface area contributed by atoms with E-state index in [1.807, 2.05) is 6.07 Å². The maximum atomic E-state index is 12.5. The van der Waals surface area contributed by atoms with Gasteiger partial charge in [-0.1, -0.05) is 24.3 Å². The average molecular weight is 438 g/mol. The number of nitrogens with zero attached hydrogens (tertiary/aromatic N) is 3. The van der Waals surface area contributed by atoms with Gasteiger partial charge in [-0.25, -0.2) is 9.97 Å². The largest absolute Gasteiger partial charge is 0.390 e. The number of rotatable bonds is 8. The molecule has 2 aliphatic rings. The molecule has 1 unspecified atom stereocenters. The molecule has 1 aliphatic heterocycles. The second-order valence-electron chi connectivity index (χ2n) is 8.80. The fourth-order valence-electron chi connectivity index (χ4n) is 4.54. The van der Waals surface area contributed by atoms with Crippen molar-refractivity contribution in [3.8, 4) is 0 Å². The van der Waals surface area contributed by atoms with Crippen LogP contribution in [-0.4, -0.2) is 63.9 Å². The molecule has 1 aromatic carbocycles. The van der Waals surface area contributed by atoms with Gasteiger partial charge in [0.25, 0.3) is 5.91 Å². The third-order valence-corrected chi connectivity index (χ3v) is 6.39. The number of hydrogen-bond donors (Lipinski definition) is 3. The summed E-state index contributed by atoms with van der Waals surface area (Å²) in [5, 5.41) is 16.6. The van der Waals surface area contributed by atoms with Crippen molar-refractivity contribution in [2.75, 3.05) is 25.0 Å². The molecule has 0 saturated heterocycles. The summed E-state index contributed by atoms with van der Waals surface area (Å²) in [7, 11) is 0. The third-order valence-electron chi connectivity index (χ3n) is 6.39. The first-order chi connectivity index (χ1) is 15.6. The highest BCUT2D eigenvalue weighted by Gasteiger charge is 2.22. The van der Waals surface area contributed by atoms with E-state index in [1.54, 1.807) is 6.07 Å². The van der Waals surface area contributed by atoms with Crippen molar-refractivity contribution in [1.82, 2.24) is 20.2 Å². The minimum Gasteiger partial charge on any atom is -0.390 e. The van der Waals surface area contributed by atoms with Crippen LogP contribution in [-0.2, 0) is 17.8 Å². The van der Waals surface area contributed by atoms with E-state index >= 15 is 0 Å². The molecule has 8 nitrogen and oxygen atoms in total. The van der Waals surface area contributed by atoms with Gasteiger partial charge in [-0.3, -0.25) is 9.69 Å². The maximum absolute atomic E-state index is 12.5. The maximum Gasteiger partial charge on any atom is 0.270 e. The minimum atomic E-state index is -0.656. The Kier molecular flexibility index (Phi) is 7.44. The lowest BCUT2D eigenvalue weighted by atomic mass is 9.87. The molecular weight excluding hydrogens is 406 g/mol. The Morgan fingerprint density at radius 3 is 2.75 bits per heavy atom. The molecule has 1 saturated carbocycles. The number of carbonyl (C=O) groups excluding carboxylic acids is 2. The Balaban J connectivity index is 1.23. The second kappa shape index (κ2) is 10.7. The van der Waals surface area contributed by atoms with Crippen LogP contribution in [0.25, 0.3) is 0 Å². The molecule has 0 radical (unpaired) electrons. The van der Waals surface area contributed by atoms with E-state index < -0.39 is 6.10 Å². The lowest BCUT2D eigenvalue weighted by Gasteiger charge is -2.30. The van der Waals surface area contributed by atoms with Crippen LogP contribution in [0.4, 0.5) is 5.82 Å². The quantitative estimate of drug-likeness (QED) is 0.541. The summed E-state index contributed by atoms with van der Waals surface area (Å²) in [4.78, 5) is 34.0. The van der Waals surface area contributed by atoms with E-state index in [0.717, 1.165) is 51.5 Å². The van der Waals surface area contributed by atoms with Gasteiger partial charge in [-0.05, 0) is 43.2 Å². The number of amides is 1. The van der Waals surface area contributed by atoms with Crippen molar-refractivity contribution >= 4 is 18.0 Å². The van der Waals surface area contributed by atoms with E-state index in [0.29, 0.717) is 12.4 Å². The first kappa shape index (κ1) is 22.4. The summed E-state index contributed by atoms with van der Waals surface area (Å²) < 4.78 is 0. The van der Waals surface area contributed by atoms with E-state index in [1.165, 1.54) is 17.5 Å². The number of anilines is 1. The van der Waals surface area contributed by atoms with Gasteiger partial charge in [0.2, 0.25) is 0 Å². The van der Waals surface area contributed by atoms with E-state index in [9.17, 15) is 14.7 Å². The van der Waals surface area contributed by atoms with Crippen molar-refractivity contribution in [3.05, 3.63) is 53.5 Å². The normalized spacial score (nSPS) is 21.9. The van der Waals surface area contributed by atoms with Crippen LogP contribution in [0.2, 0.25) is 0 Å². The molecule has 2 aromatic rings. The monoisotopic (exact) mass is 437 g/mol. The second-order valence-corrected chi connectivity index (χ2v) is 8.80. The number of benzene rings is 1. The van der Waals surface area contributed by atoms with Gasteiger partial charge < -0.3 is 20.5 Å². The fourth-order valence-corrected chi connectivity index (χ4v) is 4.54. The standard InChI is InChI=1S/C24H31N5O3/c30-15-17-5-7-20(8-6-17)28-23-11-22(26-16-27-23)24(32)25-12-21(31)14-29-10-9-18-3-1-2-4-19(18)13-29/h1-4,11,15-17,20-21,31H,5-10,12-14H2,(H,25,32)(H,26,27,28)/t17-,20+,21?. The molecule has 170 valence electrons. The number of aliphatic hydroxyl groups excluding tert-OH is 1. The van der Waals surface area contributed by atoms with Crippen molar-refractivity contribution in [3.63, 3.8) is 0 Å². The van der Waals surface area contributed by atoms with Crippen LogP contribution in [0.3, 0.4) is 0 Å². The summed E-state index contributed by atoms with van der Waals surface area (Å²) in [6.45, 7) is 2.39. The van der Waals surface area contributed by atoms with Crippen molar-refractivity contribution in [2.45, 2.75) is 50.8 Å². The number of aliphatic hydroxyl groups is 1. The zero-order valence-electron chi connectivity index (χ0n) is 18.2. The summed E-state index contributed by atoms with van der Waals surface area (Å²) in [5.41, 5.74) is 2.94. The molecular formula is C24H31N5O3. The molecule has 1 fully saturated rings. The molecule has 1 atom stereocenters. The average Bonchev–Trinajstić information content (AvgIpc) is 2.83. The Morgan fingerprint density at radius 2 is 1.97 bits per heavy atom. The highest BCUT2D eigenvalue weighted by Crippen LogP contribution is 2.25. The predicted molar refractivity (Wildman–Crippen MR) is 121 cm³/mol. The highest BCUT2D eigenvalue weighted by atomic mass is 16.3. The third kappa shape index (κ3) is 5.89. The zero-order valence-corrected chi connectivity index (χ0v) is 18.2. The first-order valence-electron chi connectivity index (χ1n) is 11.4. The van der Waals surface area contributed by atoms with Crippen LogP contribution in [0.5, 0.6) is 0 Å². The van der Waals surface area contributed by atoms with Crippen LogP contribution in [0.1, 0.15) is 47.3 Å². The number of β-amino-alcohol motifs (C(OH)–C–C–N with tert-alkyl or cyclic N) is 1. The molecule has 8 heteroatoms. The molecule has 1 aliphatic carbocycles. The fraction of sp³-hybridized carbons (Fsp3) is 0.500. The SMILES string of the molecule is O=C[C@H]1CC[C@@H](Nc2cc(C(=O)NCC(O)CN3CCc4ccccc4C3)ncn2)CC1. The van der Waals surface area contributed by atoms with Gasteiger partial charge in [0.1, 0.15) is 24.1 Å². The number of fused-ring (bicyclic) bond motifs is 1. The number of hydrogen-bond acceptors (Lipinski definition) is 7. The molecule has 1 amide bonds. The van der Waals surface area contributed by atoms with Crippen molar-refractivity contribution in [2.24, 2.45) is 5.92 Å². The van der Waals surface area contributed by atoms with Gasteiger partial charge in [0.15, 0.2) is 0 Å². The Hall–Kier alpha value is -2.84. The Labute approximate surface area is 188 Å². The lowest BCUT2D eigenvalue weighted by Crippen LogP contribution is -2.42. The number of carbonyl (C=O) groups is 2. The molecule has 2 heterocycles. The topological polar surface area (TPSA) is 107 Å². The molecule has 4 rings (SSSR count). The van der Waals surface area contributed by atoms with Crippen LogP contribution >= 0.6 is 0 Å². The van der Waals surface area contributed by atoms with E-state index in [-0.39, 0.29) is 30.1 Å². The molecule has 0 spiro atoms. The molecule has 32 heavy (non-hydrogen) atoms. The van der Waals surface area contributed by atoms with Gasteiger partial charge in [0.05, 0.1) is 6.10 Å². The van der Waals surface area contributed by atoms with Gasteiger partial charge in [0, 0.05) is 44.2 Å². The smallest absolute Gasteiger partial charge is 0.270 e. The van der Waals surface area contributed by atoms with Crippen LogP contribution in [0.15, 0.2) is 36.7 Å². The predicted octanol–water partition coefficient (Wildman–Crippen LogP) is 1.80. The van der Waals surface area contributed by atoms with E-state index in [2.05, 4.69) is 43.7 Å². The first-order valence-corrected chi connectivity index (χ1v) is 11.4. The Bertz CT molecular complexity index is 929. The number of aromatic nitrogens is 2. The summed E-state index contributed by atoms with van der Waals surface area (Å²) in [5.74, 6) is 0.432. The van der Waals surface area contributed by atoms with E-state index in [4.69, 9.17) is 0 Å². The van der Waals surface area contributed by atoms with Crippen LogP contribution in [0, 0.1) is 5.92 Å². The van der Waals surface area contributed by atoms with Crippen molar-refractivity contribution < 1.29 is 14.7 Å². The molecule has 1 aromatic heterocycles. The lowest BCUT2D eigenvalue weighted by molar-refractivity contribution is -0.111. The molecule has 0 bridgehead atoms.